The highest BCUT2D eigenvalue weighted by Crippen LogP contribution is 2.17. The Morgan fingerprint density at radius 1 is 1.47 bits per heavy atom. The van der Waals surface area contributed by atoms with Crippen LogP contribution in [0.3, 0.4) is 0 Å². The molecular formula is C13H26N4. The third-order valence-electron chi connectivity index (χ3n) is 2.93. The van der Waals surface area contributed by atoms with E-state index in [1.807, 2.05) is 17.9 Å². The molecule has 0 saturated heterocycles. The zero-order valence-electron chi connectivity index (χ0n) is 12.0. The molecule has 4 nitrogen and oxygen atoms in total. The molecule has 0 amide bonds. The topological polar surface area (TPSA) is 33.1 Å². The van der Waals surface area contributed by atoms with Crippen molar-refractivity contribution in [1.82, 2.24) is 20.0 Å². The van der Waals surface area contributed by atoms with E-state index in [4.69, 9.17) is 0 Å². The maximum absolute atomic E-state index is 4.20. The van der Waals surface area contributed by atoms with Crippen LogP contribution in [0.1, 0.15) is 32.5 Å². The van der Waals surface area contributed by atoms with Gasteiger partial charge in [0.15, 0.2) is 0 Å². The first-order chi connectivity index (χ1) is 7.82. The minimum atomic E-state index is 0.274. The molecule has 0 bridgehead atoms. The van der Waals surface area contributed by atoms with Crippen molar-refractivity contribution in [1.29, 1.82) is 0 Å². The summed E-state index contributed by atoms with van der Waals surface area (Å²) in [5, 5.41) is 7.78. The molecule has 1 aromatic rings. The standard InChI is InChI=1S/C13H26N4/c1-11(12-7-8-15-17(12)6)14-9-13(2,3)10-16(4)5/h7-8,11,14H,9-10H2,1-6H3. The summed E-state index contributed by atoms with van der Waals surface area (Å²) < 4.78 is 1.93. The summed E-state index contributed by atoms with van der Waals surface area (Å²) in [6.45, 7) is 8.84. The van der Waals surface area contributed by atoms with Crippen molar-refractivity contribution in [2.75, 3.05) is 27.2 Å². The van der Waals surface area contributed by atoms with Crippen molar-refractivity contribution in [3.8, 4) is 0 Å². The van der Waals surface area contributed by atoms with Gasteiger partial charge in [-0.25, -0.2) is 0 Å². The first-order valence-electron chi connectivity index (χ1n) is 6.18. The second-order valence-corrected chi connectivity index (χ2v) is 5.88. The van der Waals surface area contributed by atoms with Crippen LogP contribution in [0, 0.1) is 5.41 Å². The van der Waals surface area contributed by atoms with E-state index < -0.39 is 0 Å². The summed E-state index contributed by atoms with van der Waals surface area (Å²) in [7, 11) is 6.22. The molecule has 98 valence electrons. The molecule has 1 unspecified atom stereocenters. The summed E-state index contributed by atoms with van der Waals surface area (Å²) in [4.78, 5) is 2.23. The summed E-state index contributed by atoms with van der Waals surface area (Å²) in [6.07, 6.45) is 1.85. The van der Waals surface area contributed by atoms with Gasteiger partial charge in [-0.05, 0) is 32.5 Å². The quantitative estimate of drug-likeness (QED) is 0.818. The third kappa shape index (κ3) is 4.48. The van der Waals surface area contributed by atoms with Gasteiger partial charge in [-0.15, -0.1) is 0 Å². The Hall–Kier alpha value is -0.870. The van der Waals surface area contributed by atoms with Crippen molar-refractivity contribution in [3.63, 3.8) is 0 Å². The molecule has 1 atom stereocenters. The van der Waals surface area contributed by atoms with Crippen LogP contribution in [0.25, 0.3) is 0 Å². The second kappa shape index (κ2) is 5.65. The first kappa shape index (κ1) is 14.2. The average Bonchev–Trinajstić information content (AvgIpc) is 2.59. The van der Waals surface area contributed by atoms with Crippen LogP contribution in [-0.2, 0) is 7.05 Å². The van der Waals surface area contributed by atoms with Crippen molar-refractivity contribution < 1.29 is 0 Å². The lowest BCUT2D eigenvalue weighted by Gasteiger charge is -2.30. The normalized spacial score (nSPS) is 14.3. The minimum Gasteiger partial charge on any atom is -0.309 e. The number of hydrogen-bond donors (Lipinski definition) is 1. The summed E-state index contributed by atoms with van der Waals surface area (Å²) in [5.41, 5.74) is 1.50. The molecular weight excluding hydrogens is 212 g/mol. The second-order valence-electron chi connectivity index (χ2n) is 5.88. The van der Waals surface area contributed by atoms with Crippen molar-refractivity contribution in [3.05, 3.63) is 18.0 Å². The Morgan fingerprint density at radius 2 is 2.12 bits per heavy atom. The van der Waals surface area contributed by atoms with Crippen LogP contribution < -0.4 is 5.32 Å². The van der Waals surface area contributed by atoms with Crippen LogP contribution >= 0.6 is 0 Å². The van der Waals surface area contributed by atoms with Crippen LogP contribution in [0.5, 0.6) is 0 Å². The SMILES string of the molecule is CC(NCC(C)(C)CN(C)C)c1ccnn1C. The summed E-state index contributed by atoms with van der Waals surface area (Å²) >= 11 is 0. The molecule has 0 fully saturated rings. The monoisotopic (exact) mass is 238 g/mol. The zero-order chi connectivity index (χ0) is 13.1. The molecule has 0 aliphatic rings. The third-order valence-corrected chi connectivity index (χ3v) is 2.93. The van der Waals surface area contributed by atoms with Crippen LogP contribution in [0.2, 0.25) is 0 Å². The Balaban J connectivity index is 2.48. The average molecular weight is 238 g/mol. The molecule has 0 aromatic carbocycles. The van der Waals surface area contributed by atoms with Gasteiger partial charge in [0.05, 0.1) is 5.69 Å². The van der Waals surface area contributed by atoms with Gasteiger partial charge in [0.2, 0.25) is 0 Å². The molecule has 1 rings (SSSR count). The van der Waals surface area contributed by atoms with E-state index in [9.17, 15) is 0 Å². The minimum absolute atomic E-state index is 0.274. The lowest BCUT2D eigenvalue weighted by Crippen LogP contribution is -2.38. The van der Waals surface area contributed by atoms with Gasteiger partial charge in [-0.3, -0.25) is 4.68 Å². The highest BCUT2D eigenvalue weighted by Gasteiger charge is 2.20. The largest absolute Gasteiger partial charge is 0.309 e. The molecule has 0 radical (unpaired) electrons. The molecule has 1 heterocycles. The van der Waals surface area contributed by atoms with Crippen molar-refractivity contribution >= 4 is 0 Å². The van der Waals surface area contributed by atoms with E-state index in [-0.39, 0.29) is 5.41 Å². The highest BCUT2D eigenvalue weighted by molar-refractivity contribution is 5.05. The van der Waals surface area contributed by atoms with E-state index in [1.54, 1.807) is 0 Å². The summed E-state index contributed by atoms with van der Waals surface area (Å²) in [6, 6.07) is 2.40. The molecule has 0 aliphatic heterocycles. The van der Waals surface area contributed by atoms with Gasteiger partial charge in [-0.2, -0.15) is 5.10 Å². The fraction of sp³-hybridized carbons (Fsp3) is 0.769. The Morgan fingerprint density at radius 3 is 2.59 bits per heavy atom. The fourth-order valence-electron chi connectivity index (χ4n) is 2.25. The lowest BCUT2D eigenvalue weighted by molar-refractivity contribution is 0.226. The van der Waals surface area contributed by atoms with Crippen molar-refractivity contribution in [2.24, 2.45) is 12.5 Å². The molecule has 0 aliphatic carbocycles. The van der Waals surface area contributed by atoms with Gasteiger partial charge in [0.25, 0.3) is 0 Å². The van der Waals surface area contributed by atoms with E-state index in [1.165, 1.54) is 5.69 Å². The van der Waals surface area contributed by atoms with Crippen LogP contribution in [0.15, 0.2) is 12.3 Å². The van der Waals surface area contributed by atoms with Gasteiger partial charge >= 0.3 is 0 Å². The maximum atomic E-state index is 4.20. The molecule has 1 N–H and O–H groups in total. The van der Waals surface area contributed by atoms with E-state index in [0.717, 1.165) is 13.1 Å². The first-order valence-corrected chi connectivity index (χ1v) is 6.18. The van der Waals surface area contributed by atoms with E-state index in [2.05, 4.69) is 56.2 Å². The van der Waals surface area contributed by atoms with Gasteiger partial charge in [-0.1, -0.05) is 13.8 Å². The lowest BCUT2D eigenvalue weighted by atomic mass is 9.92. The zero-order valence-corrected chi connectivity index (χ0v) is 12.0. The number of aryl methyl sites for hydroxylation is 1. The molecule has 4 heteroatoms. The number of aromatic nitrogens is 2. The Kier molecular flexibility index (Phi) is 4.71. The maximum Gasteiger partial charge on any atom is 0.0547 e. The number of nitrogens with one attached hydrogen (secondary N) is 1. The highest BCUT2D eigenvalue weighted by atomic mass is 15.3. The number of hydrogen-bond acceptors (Lipinski definition) is 3. The van der Waals surface area contributed by atoms with Crippen molar-refractivity contribution in [2.45, 2.75) is 26.8 Å². The Labute approximate surface area is 105 Å². The van der Waals surface area contributed by atoms with Gasteiger partial charge in [0, 0.05) is 32.4 Å². The van der Waals surface area contributed by atoms with Gasteiger partial charge in [0.1, 0.15) is 0 Å². The summed E-state index contributed by atoms with van der Waals surface area (Å²) in [5.74, 6) is 0. The molecule has 17 heavy (non-hydrogen) atoms. The number of nitrogens with zero attached hydrogens (tertiary/aromatic N) is 3. The van der Waals surface area contributed by atoms with Gasteiger partial charge < -0.3 is 10.2 Å². The van der Waals surface area contributed by atoms with Crippen LogP contribution in [0.4, 0.5) is 0 Å². The molecule has 0 saturated carbocycles. The number of rotatable bonds is 6. The van der Waals surface area contributed by atoms with Crippen LogP contribution in [-0.4, -0.2) is 41.9 Å². The fourth-order valence-corrected chi connectivity index (χ4v) is 2.25. The predicted molar refractivity (Wildman–Crippen MR) is 72.0 cm³/mol. The van der Waals surface area contributed by atoms with E-state index >= 15 is 0 Å². The molecule has 1 aromatic heterocycles. The Bertz CT molecular complexity index is 341. The molecule has 0 spiro atoms. The van der Waals surface area contributed by atoms with E-state index in [0.29, 0.717) is 6.04 Å². The smallest absolute Gasteiger partial charge is 0.0547 e. The predicted octanol–water partition coefficient (Wildman–Crippen LogP) is 1.66.